The van der Waals surface area contributed by atoms with E-state index in [4.69, 9.17) is 4.98 Å². The van der Waals surface area contributed by atoms with Gasteiger partial charge >= 0.3 is 0 Å². The van der Waals surface area contributed by atoms with Crippen molar-refractivity contribution in [3.63, 3.8) is 0 Å². The van der Waals surface area contributed by atoms with Crippen LogP contribution in [-0.2, 0) is 0 Å². The molecule has 0 aliphatic heterocycles. The number of rotatable bonds is 11. The number of allylic oxidation sites excluding steroid dienone is 6. The second kappa shape index (κ2) is 10.7. The molecule has 1 aliphatic carbocycles. The van der Waals surface area contributed by atoms with Crippen LogP contribution in [0.4, 0.5) is 0 Å². The molecule has 3 heteroatoms. The molecule has 1 aromatic heterocycles. The van der Waals surface area contributed by atoms with Crippen molar-refractivity contribution in [3.8, 4) is 0 Å². The molecular weight excluding hydrogens is 382 g/mol. The lowest BCUT2D eigenvalue weighted by Gasteiger charge is -2.30. The van der Waals surface area contributed by atoms with Gasteiger partial charge in [0.05, 0.1) is 27.8 Å². The van der Waals surface area contributed by atoms with E-state index >= 15 is 0 Å². The lowest BCUT2D eigenvalue weighted by atomic mass is 9.94. The van der Waals surface area contributed by atoms with E-state index in [-0.39, 0.29) is 0 Å². The first-order valence-corrected chi connectivity index (χ1v) is 17.5. The summed E-state index contributed by atoms with van der Waals surface area (Å²) in [6.07, 6.45) is 8.28. The monoisotopic (exact) mass is 424 g/mol. The van der Waals surface area contributed by atoms with E-state index in [0.717, 1.165) is 5.69 Å². The van der Waals surface area contributed by atoms with Crippen LogP contribution in [0.15, 0.2) is 41.5 Å². The minimum Gasteiger partial charge on any atom is -0.239 e. The van der Waals surface area contributed by atoms with Crippen LogP contribution in [0.2, 0.25) is 48.4 Å². The number of aryl methyl sites for hydroxylation is 1. The third-order valence-corrected chi connectivity index (χ3v) is 19.2. The average Bonchev–Trinajstić information content (AvgIpc) is 2.76. The van der Waals surface area contributed by atoms with Crippen molar-refractivity contribution in [2.24, 2.45) is 0 Å². The van der Waals surface area contributed by atoms with Gasteiger partial charge in [-0.05, 0) is 25.1 Å². The van der Waals surface area contributed by atoms with Gasteiger partial charge in [-0.2, -0.15) is 0 Å². The third kappa shape index (κ3) is 5.45. The largest absolute Gasteiger partial charge is 0.239 e. The summed E-state index contributed by atoms with van der Waals surface area (Å²) in [5, 5.41) is 0. The molecule has 0 atom stereocenters. The summed E-state index contributed by atoms with van der Waals surface area (Å²) in [6.45, 7) is 16.6. The molecule has 1 heterocycles. The summed E-state index contributed by atoms with van der Waals surface area (Å²) < 4.78 is 0. The van der Waals surface area contributed by atoms with Crippen molar-refractivity contribution < 1.29 is 0 Å². The summed E-state index contributed by atoms with van der Waals surface area (Å²) in [4.78, 5) is 4.99. The summed E-state index contributed by atoms with van der Waals surface area (Å²) in [7, 11) is -2.56. The Morgan fingerprint density at radius 1 is 0.793 bits per heavy atom. The van der Waals surface area contributed by atoms with Crippen molar-refractivity contribution in [3.05, 3.63) is 59.0 Å². The Balaban J connectivity index is 2.60. The maximum atomic E-state index is 4.99. The predicted molar refractivity (Wildman–Crippen MR) is 136 cm³/mol. The molecule has 1 aliphatic rings. The number of aromatic nitrogens is 1. The smallest absolute Gasteiger partial charge is 0.127 e. The summed E-state index contributed by atoms with van der Waals surface area (Å²) >= 11 is 0. The van der Waals surface area contributed by atoms with Crippen molar-refractivity contribution in [1.29, 1.82) is 0 Å². The maximum Gasteiger partial charge on any atom is 0.127 e. The molecule has 1 nitrogen and oxygen atoms in total. The highest BCUT2D eigenvalue weighted by Crippen LogP contribution is 2.41. The van der Waals surface area contributed by atoms with Gasteiger partial charge in [-0.3, -0.25) is 0 Å². The summed E-state index contributed by atoms with van der Waals surface area (Å²) in [5.41, 5.74) is 6.70. The molecule has 158 valence electrons. The fraction of sp³-hybridized carbons (Fsp3) is 0.577. The molecule has 0 saturated heterocycles. The highest BCUT2D eigenvalue weighted by molar-refractivity contribution is 6.81. The van der Waals surface area contributed by atoms with Crippen LogP contribution in [0, 0.1) is 13.0 Å². The Labute approximate surface area is 182 Å². The second-order valence-corrected chi connectivity index (χ2v) is 19.9. The number of hydrogen-bond donors (Lipinski definition) is 0. The van der Waals surface area contributed by atoms with Crippen molar-refractivity contribution >= 4 is 21.7 Å². The fourth-order valence-electron chi connectivity index (χ4n) is 4.91. The first kappa shape index (κ1) is 24.0. The van der Waals surface area contributed by atoms with Crippen LogP contribution in [-0.4, -0.2) is 21.1 Å². The molecule has 1 aromatic rings. The van der Waals surface area contributed by atoms with Gasteiger partial charge in [-0.15, -0.1) is 0 Å². The fourth-order valence-corrected chi connectivity index (χ4v) is 11.5. The van der Waals surface area contributed by atoms with Crippen LogP contribution in [0.1, 0.15) is 52.9 Å². The third-order valence-electron chi connectivity index (χ3n) is 7.93. The highest BCUT2D eigenvalue weighted by Gasteiger charge is 2.37. The lowest BCUT2D eigenvalue weighted by molar-refractivity contribution is 1.10. The van der Waals surface area contributed by atoms with Crippen LogP contribution >= 0.6 is 0 Å². The molecule has 0 saturated carbocycles. The normalized spacial score (nSPS) is 14.8. The first-order valence-electron chi connectivity index (χ1n) is 11.9. The highest BCUT2D eigenvalue weighted by atomic mass is 28.3. The number of pyridine rings is 1. The Kier molecular flexibility index (Phi) is 8.81. The Morgan fingerprint density at radius 3 is 1.86 bits per heavy atom. The average molecular weight is 425 g/mol. The molecule has 2 rings (SSSR count). The molecule has 0 radical (unpaired) electrons. The minimum absolute atomic E-state index is 1.11. The Hall–Kier alpha value is -1.29. The van der Waals surface area contributed by atoms with Gasteiger partial charge < -0.3 is 0 Å². The topological polar surface area (TPSA) is 12.9 Å². The van der Waals surface area contributed by atoms with E-state index in [1.54, 1.807) is 5.57 Å². The summed E-state index contributed by atoms with van der Waals surface area (Å²) in [5.74, 6) is 0. The van der Waals surface area contributed by atoms with Gasteiger partial charge in [0, 0.05) is 17.8 Å². The SMILES string of the molecule is CC[Si](CC)(CC)CC1=[C+]C=CC(C[Si](CC)(CC)CC)=C1c1cccc(C)n1. The van der Waals surface area contributed by atoms with Crippen LogP contribution < -0.4 is 0 Å². The van der Waals surface area contributed by atoms with Gasteiger partial charge in [-0.25, -0.2) is 4.98 Å². The predicted octanol–water partition coefficient (Wildman–Crippen LogP) is 8.46. The quantitative estimate of drug-likeness (QED) is 0.256. The summed E-state index contributed by atoms with van der Waals surface area (Å²) in [6, 6.07) is 17.2. The standard InChI is InChI=1S/C26H42NSi2/c1-8-28(9-2,10-3)20-23-17-15-18-24(21-29(11-4,12-5)13-6)26(23)25-19-14-16-22(7)27-25/h14-17,19H,8-13,20-21H2,1-7H3/q+1. The Morgan fingerprint density at radius 2 is 1.34 bits per heavy atom. The maximum absolute atomic E-state index is 4.99. The lowest BCUT2D eigenvalue weighted by Crippen LogP contribution is -2.33. The zero-order valence-electron chi connectivity index (χ0n) is 20.0. The van der Waals surface area contributed by atoms with Gasteiger partial charge in [0.15, 0.2) is 0 Å². The molecule has 0 fully saturated rings. The molecule has 0 bridgehead atoms. The molecule has 0 amide bonds. The van der Waals surface area contributed by atoms with Gasteiger partial charge in [-0.1, -0.05) is 83.9 Å². The van der Waals surface area contributed by atoms with E-state index in [0.29, 0.717) is 0 Å². The van der Waals surface area contributed by atoms with Gasteiger partial charge in [0.25, 0.3) is 0 Å². The first-order chi connectivity index (χ1) is 13.9. The van der Waals surface area contributed by atoms with E-state index in [2.05, 4.69) is 84.9 Å². The molecule has 0 aromatic carbocycles. The molecule has 29 heavy (non-hydrogen) atoms. The number of hydrogen-bond acceptors (Lipinski definition) is 1. The van der Waals surface area contributed by atoms with Crippen LogP contribution in [0.3, 0.4) is 0 Å². The van der Waals surface area contributed by atoms with E-state index in [1.807, 2.05) is 0 Å². The van der Waals surface area contributed by atoms with Gasteiger partial charge in [0.1, 0.15) is 22.9 Å². The van der Waals surface area contributed by atoms with Crippen LogP contribution in [0.5, 0.6) is 0 Å². The van der Waals surface area contributed by atoms with Crippen molar-refractivity contribution in [2.75, 3.05) is 0 Å². The van der Waals surface area contributed by atoms with Crippen molar-refractivity contribution in [2.45, 2.75) is 96.8 Å². The minimum atomic E-state index is -1.29. The molecular formula is C26H42NSi2+. The van der Waals surface area contributed by atoms with Crippen LogP contribution in [0.25, 0.3) is 5.57 Å². The van der Waals surface area contributed by atoms with E-state index in [9.17, 15) is 0 Å². The second-order valence-electron chi connectivity index (χ2n) is 9.00. The Bertz CT molecular complexity index is 748. The zero-order chi connectivity index (χ0) is 21.5. The van der Waals surface area contributed by atoms with Crippen molar-refractivity contribution in [1.82, 2.24) is 4.98 Å². The zero-order valence-corrected chi connectivity index (χ0v) is 22.0. The number of nitrogens with zero attached hydrogens (tertiary/aromatic N) is 1. The van der Waals surface area contributed by atoms with E-state index < -0.39 is 16.1 Å². The molecule has 0 unspecified atom stereocenters. The van der Waals surface area contributed by atoms with Gasteiger partial charge in [0.2, 0.25) is 0 Å². The van der Waals surface area contributed by atoms with E-state index in [1.165, 1.54) is 65.2 Å². The molecule has 0 spiro atoms. The molecule has 0 N–H and O–H groups in total.